The van der Waals surface area contributed by atoms with Crippen molar-refractivity contribution in [3.8, 4) is 0 Å². The minimum absolute atomic E-state index is 0.110. The van der Waals surface area contributed by atoms with Crippen LogP contribution in [-0.2, 0) is 14.3 Å². The van der Waals surface area contributed by atoms with Crippen molar-refractivity contribution in [3.05, 3.63) is 35.9 Å². The fraction of sp³-hybridized carbons (Fsp3) is 0.333. The first-order valence-electron chi connectivity index (χ1n) is 6.70. The number of hydrogen-bond donors (Lipinski definition) is 2. The summed E-state index contributed by atoms with van der Waals surface area (Å²) in [4.78, 5) is 24.6. The number of rotatable bonds is 4. The molecule has 1 heterocycles. The van der Waals surface area contributed by atoms with Gasteiger partial charge in [-0.2, -0.15) is 0 Å². The molecule has 1 aromatic rings. The number of nitrogens with zero attached hydrogens (tertiary/aromatic N) is 1. The van der Waals surface area contributed by atoms with Crippen molar-refractivity contribution < 1.29 is 19.4 Å². The Kier molecular flexibility index (Phi) is 4.94. The minimum Gasteiger partial charge on any atom is -0.481 e. The highest BCUT2D eigenvalue weighted by atomic mass is 16.5. The van der Waals surface area contributed by atoms with E-state index in [1.807, 2.05) is 12.1 Å². The van der Waals surface area contributed by atoms with E-state index in [0.29, 0.717) is 18.8 Å². The summed E-state index contributed by atoms with van der Waals surface area (Å²) in [7, 11) is 0. The number of ether oxygens (including phenoxy) is 1. The first kappa shape index (κ1) is 15.1. The summed E-state index contributed by atoms with van der Waals surface area (Å²) in [5, 5.41) is 8.88. The molecule has 1 aromatic carbocycles. The summed E-state index contributed by atoms with van der Waals surface area (Å²) in [6.07, 6.45) is 3.03. The fourth-order valence-electron chi connectivity index (χ4n) is 2.19. The van der Waals surface area contributed by atoms with E-state index in [9.17, 15) is 9.59 Å². The Morgan fingerprint density at radius 1 is 1.38 bits per heavy atom. The molecule has 1 amide bonds. The number of carboxylic acids is 1. The van der Waals surface area contributed by atoms with Gasteiger partial charge < -0.3 is 20.5 Å². The monoisotopic (exact) mass is 290 g/mol. The fourth-order valence-corrected chi connectivity index (χ4v) is 2.19. The molecule has 0 bridgehead atoms. The zero-order valence-corrected chi connectivity index (χ0v) is 11.6. The Labute approximate surface area is 122 Å². The molecule has 0 spiro atoms. The van der Waals surface area contributed by atoms with Gasteiger partial charge in [0, 0.05) is 18.3 Å². The molecule has 1 atom stereocenters. The minimum atomic E-state index is -0.939. The third-order valence-corrected chi connectivity index (χ3v) is 3.28. The van der Waals surface area contributed by atoms with Crippen molar-refractivity contribution in [2.45, 2.75) is 12.5 Å². The third-order valence-electron chi connectivity index (χ3n) is 3.28. The lowest BCUT2D eigenvalue weighted by molar-refractivity contribution is -0.143. The number of carbonyl (C=O) groups excluding carboxylic acids is 1. The zero-order valence-electron chi connectivity index (χ0n) is 11.6. The van der Waals surface area contributed by atoms with E-state index in [-0.39, 0.29) is 18.9 Å². The maximum Gasteiger partial charge on any atom is 0.305 e. The Balaban J connectivity index is 2.03. The Hall–Kier alpha value is -2.34. The van der Waals surface area contributed by atoms with Crippen LogP contribution in [0.3, 0.4) is 0 Å². The highest BCUT2D eigenvalue weighted by Gasteiger charge is 2.27. The molecule has 1 fully saturated rings. The number of aliphatic carboxylic acids is 1. The van der Waals surface area contributed by atoms with Crippen molar-refractivity contribution >= 4 is 23.6 Å². The van der Waals surface area contributed by atoms with E-state index in [2.05, 4.69) is 0 Å². The van der Waals surface area contributed by atoms with E-state index in [4.69, 9.17) is 15.6 Å². The van der Waals surface area contributed by atoms with Crippen LogP contribution in [0.2, 0.25) is 0 Å². The van der Waals surface area contributed by atoms with E-state index in [1.54, 1.807) is 23.1 Å². The van der Waals surface area contributed by atoms with Crippen molar-refractivity contribution in [1.82, 2.24) is 4.90 Å². The van der Waals surface area contributed by atoms with Crippen LogP contribution in [-0.4, -0.2) is 47.7 Å². The quantitative estimate of drug-likeness (QED) is 0.637. The van der Waals surface area contributed by atoms with Gasteiger partial charge in [0.15, 0.2) is 0 Å². The number of hydrogen-bond acceptors (Lipinski definition) is 4. The summed E-state index contributed by atoms with van der Waals surface area (Å²) in [5.74, 6) is -1.15. The molecule has 0 aliphatic carbocycles. The smallest absolute Gasteiger partial charge is 0.305 e. The van der Waals surface area contributed by atoms with Gasteiger partial charge in [0.25, 0.3) is 0 Å². The van der Waals surface area contributed by atoms with Gasteiger partial charge in [0.2, 0.25) is 5.91 Å². The molecular weight excluding hydrogens is 272 g/mol. The van der Waals surface area contributed by atoms with Gasteiger partial charge >= 0.3 is 5.97 Å². The lowest BCUT2D eigenvalue weighted by atomic mass is 10.1. The second-order valence-electron chi connectivity index (χ2n) is 4.86. The normalized spacial score (nSPS) is 18.9. The van der Waals surface area contributed by atoms with E-state index in [1.165, 1.54) is 6.08 Å². The molecule has 112 valence electrons. The summed E-state index contributed by atoms with van der Waals surface area (Å²) in [5.41, 5.74) is 7.12. The molecule has 3 N–H and O–H groups in total. The Morgan fingerprint density at radius 2 is 2.10 bits per heavy atom. The van der Waals surface area contributed by atoms with E-state index in [0.717, 1.165) is 5.56 Å². The van der Waals surface area contributed by atoms with Crippen LogP contribution in [0.4, 0.5) is 5.69 Å². The van der Waals surface area contributed by atoms with Crippen LogP contribution >= 0.6 is 0 Å². The summed E-state index contributed by atoms with van der Waals surface area (Å²) >= 11 is 0. The number of nitrogens with two attached hydrogens (primary N) is 1. The lowest BCUT2D eigenvalue weighted by Crippen LogP contribution is -2.49. The van der Waals surface area contributed by atoms with Gasteiger partial charge in [-0.25, -0.2) is 0 Å². The molecule has 0 aromatic heterocycles. The molecule has 0 radical (unpaired) electrons. The molecule has 21 heavy (non-hydrogen) atoms. The van der Waals surface area contributed by atoms with E-state index < -0.39 is 12.0 Å². The van der Waals surface area contributed by atoms with Crippen LogP contribution < -0.4 is 5.73 Å². The van der Waals surface area contributed by atoms with Crippen LogP contribution in [0.1, 0.15) is 12.0 Å². The molecular formula is C15H18N2O4. The Bertz CT molecular complexity index is 539. The average molecular weight is 290 g/mol. The maximum atomic E-state index is 12.2. The summed E-state index contributed by atoms with van der Waals surface area (Å²) in [6.45, 7) is 1.09. The van der Waals surface area contributed by atoms with Crippen LogP contribution in [0.25, 0.3) is 6.08 Å². The number of carbonyl (C=O) groups is 2. The largest absolute Gasteiger partial charge is 0.481 e. The number of anilines is 1. The predicted octanol–water partition coefficient (Wildman–Crippen LogP) is 0.984. The van der Waals surface area contributed by atoms with Crippen LogP contribution in [0.15, 0.2) is 30.3 Å². The van der Waals surface area contributed by atoms with Crippen LogP contribution in [0.5, 0.6) is 0 Å². The number of benzene rings is 1. The molecule has 1 unspecified atom stereocenters. The van der Waals surface area contributed by atoms with Crippen molar-refractivity contribution in [1.29, 1.82) is 0 Å². The third kappa shape index (κ3) is 4.32. The lowest BCUT2D eigenvalue weighted by Gasteiger charge is -2.34. The summed E-state index contributed by atoms with van der Waals surface area (Å²) in [6, 6.07) is 6.72. The second-order valence-corrected chi connectivity index (χ2v) is 4.86. The molecule has 6 nitrogen and oxygen atoms in total. The predicted molar refractivity (Wildman–Crippen MR) is 78.5 cm³/mol. The molecule has 1 aliphatic rings. The van der Waals surface area contributed by atoms with Gasteiger partial charge in [-0.3, -0.25) is 9.59 Å². The number of amides is 1. The number of carboxylic acid groups (broad SMARTS) is 1. The molecule has 2 rings (SSSR count). The second kappa shape index (κ2) is 6.90. The maximum absolute atomic E-state index is 12.2. The van der Waals surface area contributed by atoms with Gasteiger partial charge in [0.1, 0.15) is 0 Å². The summed E-state index contributed by atoms with van der Waals surface area (Å²) < 4.78 is 5.24. The van der Waals surface area contributed by atoms with Crippen LogP contribution in [0, 0.1) is 0 Å². The van der Waals surface area contributed by atoms with Gasteiger partial charge in [-0.1, -0.05) is 12.1 Å². The molecule has 6 heteroatoms. The first-order chi connectivity index (χ1) is 10.1. The van der Waals surface area contributed by atoms with Crippen molar-refractivity contribution in [2.24, 2.45) is 0 Å². The van der Waals surface area contributed by atoms with Crippen molar-refractivity contribution in [2.75, 3.05) is 25.5 Å². The highest BCUT2D eigenvalue weighted by molar-refractivity contribution is 5.92. The first-order valence-corrected chi connectivity index (χ1v) is 6.70. The van der Waals surface area contributed by atoms with Crippen molar-refractivity contribution in [3.63, 3.8) is 0 Å². The number of morpholine rings is 1. The van der Waals surface area contributed by atoms with Gasteiger partial charge in [0.05, 0.1) is 25.7 Å². The SMILES string of the molecule is Nc1ccc(/C=C/C(=O)N2CCOCC2CC(=O)O)cc1. The molecule has 1 saturated heterocycles. The Morgan fingerprint density at radius 3 is 2.76 bits per heavy atom. The van der Waals surface area contributed by atoms with E-state index >= 15 is 0 Å². The molecule has 0 saturated carbocycles. The standard InChI is InChI=1S/C15H18N2O4/c16-12-4-1-11(2-5-12)3-6-14(18)17-7-8-21-10-13(17)9-15(19)20/h1-6,13H,7-10,16H2,(H,19,20)/b6-3+. The molecule has 1 aliphatic heterocycles. The van der Waals surface area contributed by atoms with Gasteiger partial charge in [-0.05, 0) is 23.8 Å². The highest BCUT2D eigenvalue weighted by Crippen LogP contribution is 2.13. The zero-order chi connectivity index (χ0) is 15.2. The van der Waals surface area contributed by atoms with Gasteiger partial charge in [-0.15, -0.1) is 0 Å². The average Bonchev–Trinajstić information content (AvgIpc) is 2.46. The topological polar surface area (TPSA) is 92.9 Å². The number of nitrogen functional groups attached to an aromatic ring is 1.